The van der Waals surface area contributed by atoms with E-state index in [0.717, 1.165) is 38.5 Å². The van der Waals surface area contributed by atoms with Crippen molar-refractivity contribution in [1.82, 2.24) is 0 Å². The van der Waals surface area contributed by atoms with E-state index in [2.05, 4.69) is 13.8 Å². The van der Waals surface area contributed by atoms with Crippen molar-refractivity contribution in [3.8, 4) is 0 Å². The van der Waals surface area contributed by atoms with Gasteiger partial charge in [0.05, 0.1) is 6.10 Å². The van der Waals surface area contributed by atoms with E-state index in [4.69, 9.17) is 0 Å². The lowest BCUT2D eigenvalue weighted by molar-refractivity contribution is -0.143. The summed E-state index contributed by atoms with van der Waals surface area (Å²) in [6, 6.07) is 0. The summed E-state index contributed by atoms with van der Waals surface area (Å²) in [5.74, 6) is 1.99. The smallest absolute Gasteiger partial charge is 0.155 e. The van der Waals surface area contributed by atoms with Gasteiger partial charge in [0.2, 0.25) is 0 Å². The van der Waals surface area contributed by atoms with Crippen LogP contribution in [-0.2, 0) is 9.59 Å². The van der Waals surface area contributed by atoms with E-state index in [0.29, 0.717) is 24.0 Å². The minimum atomic E-state index is -0.349. The van der Waals surface area contributed by atoms with Crippen LogP contribution < -0.4 is 0 Å². The molecule has 24 heavy (non-hydrogen) atoms. The number of allylic oxidation sites excluding steroid dienone is 1. The summed E-state index contributed by atoms with van der Waals surface area (Å²) in [4.78, 5) is 24.0. The fraction of sp³-hybridized carbons (Fsp3) is 0.810. The Balaban J connectivity index is 1.72. The molecule has 0 aromatic heterocycles. The van der Waals surface area contributed by atoms with Crippen LogP contribution in [0.2, 0.25) is 0 Å². The van der Waals surface area contributed by atoms with E-state index >= 15 is 0 Å². The predicted octanol–water partition coefficient (Wildman–Crippen LogP) is 3.69. The minimum absolute atomic E-state index is 0.0219. The fourth-order valence-electron chi connectivity index (χ4n) is 7.35. The van der Waals surface area contributed by atoms with E-state index in [1.165, 1.54) is 5.57 Å². The molecule has 0 saturated heterocycles. The molecular weight excluding hydrogens is 300 g/mol. The molecule has 0 aromatic rings. The Labute approximate surface area is 144 Å². The summed E-state index contributed by atoms with van der Waals surface area (Å²) in [6.45, 7) is 6.27. The van der Waals surface area contributed by atoms with E-state index in [1.807, 2.05) is 6.08 Å². The first-order valence-corrected chi connectivity index (χ1v) is 9.70. The van der Waals surface area contributed by atoms with Gasteiger partial charge in [-0.25, -0.2) is 0 Å². The molecule has 3 fully saturated rings. The number of Topliss-reactive ketones (excluding diaryl/α,β-unsaturated/α-hetero) is 1. The Morgan fingerprint density at radius 1 is 1.21 bits per heavy atom. The maximum Gasteiger partial charge on any atom is 0.155 e. The Kier molecular flexibility index (Phi) is 3.62. The number of carbonyl (C=O) groups is 2. The molecule has 0 amide bonds. The van der Waals surface area contributed by atoms with Crippen molar-refractivity contribution in [3.05, 3.63) is 11.6 Å². The van der Waals surface area contributed by atoms with Crippen molar-refractivity contribution >= 4 is 11.6 Å². The van der Waals surface area contributed by atoms with E-state index < -0.39 is 0 Å². The summed E-state index contributed by atoms with van der Waals surface area (Å²) in [6.07, 6.45) is 7.97. The molecule has 4 rings (SSSR count). The van der Waals surface area contributed by atoms with Crippen molar-refractivity contribution in [2.45, 2.75) is 71.8 Å². The second-order valence-electron chi connectivity index (χ2n) is 9.41. The highest BCUT2D eigenvalue weighted by atomic mass is 16.3. The van der Waals surface area contributed by atoms with E-state index in [-0.39, 0.29) is 34.6 Å². The molecule has 0 spiro atoms. The van der Waals surface area contributed by atoms with Crippen molar-refractivity contribution < 1.29 is 14.7 Å². The molecule has 3 saturated carbocycles. The van der Waals surface area contributed by atoms with Crippen molar-refractivity contribution in [2.75, 3.05) is 0 Å². The van der Waals surface area contributed by atoms with Gasteiger partial charge in [0.1, 0.15) is 5.78 Å². The number of aliphatic hydroxyl groups excluding tert-OH is 1. The number of fused-ring (bicyclic) bond motifs is 5. The van der Waals surface area contributed by atoms with Crippen LogP contribution >= 0.6 is 0 Å². The Morgan fingerprint density at radius 2 is 1.96 bits per heavy atom. The first-order chi connectivity index (χ1) is 11.3. The number of hydrogen-bond donors (Lipinski definition) is 1. The molecule has 0 heterocycles. The van der Waals surface area contributed by atoms with Crippen molar-refractivity contribution in [1.29, 1.82) is 0 Å². The molecule has 0 aliphatic heterocycles. The van der Waals surface area contributed by atoms with Gasteiger partial charge in [0.25, 0.3) is 0 Å². The van der Waals surface area contributed by atoms with Gasteiger partial charge in [-0.1, -0.05) is 19.4 Å². The number of rotatable bonds is 1. The predicted molar refractivity (Wildman–Crippen MR) is 92.3 cm³/mol. The molecule has 3 heteroatoms. The van der Waals surface area contributed by atoms with Crippen LogP contribution in [0.15, 0.2) is 11.6 Å². The normalized spacial score (nSPS) is 50.6. The quantitative estimate of drug-likeness (QED) is 0.797. The third-order valence-corrected chi connectivity index (χ3v) is 8.38. The van der Waals surface area contributed by atoms with Gasteiger partial charge in [-0.3, -0.25) is 9.59 Å². The maximum absolute atomic E-state index is 12.2. The van der Waals surface area contributed by atoms with Crippen LogP contribution in [0.3, 0.4) is 0 Å². The largest absolute Gasteiger partial charge is 0.393 e. The lowest BCUT2D eigenvalue weighted by atomic mass is 9.46. The molecule has 7 atom stereocenters. The molecule has 0 aromatic carbocycles. The molecule has 0 unspecified atom stereocenters. The topological polar surface area (TPSA) is 54.4 Å². The molecule has 1 N–H and O–H groups in total. The monoisotopic (exact) mass is 330 g/mol. The molecule has 0 radical (unpaired) electrons. The summed E-state index contributed by atoms with van der Waals surface area (Å²) < 4.78 is 0. The maximum atomic E-state index is 12.2. The van der Waals surface area contributed by atoms with Crippen LogP contribution in [0, 0.1) is 34.5 Å². The second-order valence-corrected chi connectivity index (χ2v) is 9.41. The van der Waals surface area contributed by atoms with Crippen molar-refractivity contribution in [3.63, 3.8) is 0 Å². The zero-order valence-electron chi connectivity index (χ0n) is 15.2. The van der Waals surface area contributed by atoms with Gasteiger partial charge in [0, 0.05) is 12.3 Å². The van der Waals surface area contributed by atoms with Crippen LogP contribution in [0.1, 0.15) is 65.7 Å². The van der Waals surface area contributed by atoms with Crippen LogP contribution in [0.4, 0.5) is 0 Å². The zero-order valence-corrected chi connectivity index (χ0v) is 15.2. The highest BCUT2D eigenvalue weighted by Gasteiger charge is 2.62. The fourth-order valence-corrected chi connectivity index (χ4v) is 7.35. The van der Waals surface area contributed by atoms with Crippen LogP contribution in [0.25, 0.3) is 0 Å². The lowest BCUT2D eigenvalue weighted by Gasteiger charge is -2.59. The van der Waals surface area contributed by atoms with Gasteiger partial charge in [-0.15, -0.1) is 0 Å². The van der Waals surface area contributed by atoms with Gasteiger partial charge < -0.3 is 5.11 Å². The Morgan fingerprint density at radius 3 is 2.67 bits per heavy atom. The van der Waals surface area contributed by atoms with E-state index in [9.17, 15) is 14.7 Å². The second kappa shape index (κ2) is 5.27. The third kappa shape index (κ3) is 2.06. The highest BCUT2D eigenvalue weighted by molar-refractivity contribution is 5.91. The Hall–Kier alpha value is -0.960. The zero-order chi connectivity index (χ0) is 17.3. The molecule has 132 valence electrons. The first-order valence-electron chi connectivity index (χ1n) is 9.70. The standard InChI is InChI=1S/C21H30O3/c1-12(22)16-6-7-17-15-5-4-13-10-14(23)8-9-20(13,2)19(15)18(24)11-21(16,17)3/h10,15-19,24H,4-9,11H2,1-3H3/t15-,16+,17-,18-,19+,20+,21+/m1/s1. The first kappa shape index (κ1) is 16.5. The molecule has 4 aliphatic rings. The highest BCUT2D eigenvalue weighted by Crippen LogP contribution is 2.66. The average molecular weight is 330 g/mol. The molecule has 3 nitrogen and oxygen atoms in total. The minimum Gasteiger partial charge on any atom is -0.393 e. The summed E-state index contributed by atoms with van der Waals surface area (Å²) in [7, 11) is 0. The van der Waals surface area contributed by atoms with Crippen LogP contribution in [0.5, 0.6) is 0 Å². The van der Waals surface area contributed by atoms with Crippen LogP contribution in [-0.4, -0.2) is 22.8 Å². The molecule has 4 aliphatic carbocycles. The summed E-state index contributed by atoms with van der Waals surface area (Å²) in [5, 5.41) is 11.2. The van der Waals surface area contributed by atoms with Crippen molar-refractivity contribution in [2.24, 2.45) is 34.5 Å². The molecular formula is C21H30O3. The summed E-state index contributed by atoms with van der Waals surface area (Å²) in [5.41, 5.74) is 1.23. The van der Waals surface area contributed by atoms with Gasteiger partial charge in [-0.05, 0) is 80.1 Å². The SMILES string of the molecule is CC(=O)[C@@H]1CC[C@@H]2[C@H]3CCC4=CC(=O)CC[C@]4(C)[C@@H]3[C@H](O)C[C@]21C. The molecule has 0 bridgehead atoms. The number of hydrogen-bond acceptors (Lipinski definition) is 3. The Bertz CT molecular complexity index is 621. The van der Waals surface area contributed by atoms with Gasteiger partial charge >= 0.3 is 0 Å². The number of carbonyl (C=O) groups excluding carboxylic acids is 2. The third-order valence-electron chi connectivity index (χ3n) is 8.38. The van der Waals surface area contributed by atoms with Gasteiger partial charge in [-0.2, -0.15) is 0 Å². The number of ketones is 2. The van der Waals surface area contributed by atoms with E-state index in [1.54, 1.807) is 6.92 Å². The summed E-state index contributed by atoms with van der Waals surface area (Å²) >= 11 is 0. The number of aliphatic hydroxyl groups is 1. The lowest BCUT2D eigenvalue weighted by Crippen LogP contribution is -2.56. The average Bonchev–Trinajstić information content (AvgIpc) is 2.84. The van der Waals surface area contributed by atoms with Gasteiger partial charge in [0.15, 0.2) is 5.78 Å².